The molecule has 2 rings (SSSR count). The highest BCUT2D eigenvalue weighted by atomic mass is 35.5. The fourth-order valence-electron chi connectivity index (χ4n) is 1.67. The molecule has 23 heavy (non-hydrogen) atoms. The first-order valence-electron chi connectivity index (χ1n) is 6.36. The standard InChI is InChI=1S/C12H13ClN4O4S2/c1-16(23(20,21)11-3-2-6-22-11)5-4-14-12-10(13)7-9(8-15-12)17(18)19/h2-3,6-8H,4-5H2,1H3,(H,14,15). The van der Waals surface area contributed by atoms with Crippen molar-refractivity contribution in [2.24, 2.45) is 0 Å². The molecule has 0 unspecified atom stereocenters. The van der Waals surface area contributed by atoms with Gasteiger partial charge in [-0.25, -0.2) is 13.4 Å². The second kappa shape index (κ2) is 7.21. The molecule has 0 aliphatic carbocycles. The third-order valence-corrected chi connectivity index (χ3v) is 6.43. The summed E-state index contributed by atoms with van der Waals surface area (Å²) in [5.74, 6) is 0.263. The minimum atomic E-state index is -3.51. The maximum Gasteiger partial charge on any atom is 0.289 e. The molecule has 0 saturated heterocycles. The van der Waals surface area contributed by atoms with Crippen molar-refractivity contribution in [1.82, 2.24) is 9.29 Å². The zero-order chi connectivity index (χ0) is 17.0. The van der Waals surface area contributed by atoms with Gasteiger partial charge in [0.15, 0.2) is 0 Å². The van der Waals surface area contributed by atoms with Crippen molar-refractivity contribution < 1.29 is 13.3 Å². The van der Waals surface area contributed by atoms with Crippen LogP contribution >= 0.6 is 22.9 Å². The third kappa shape index (κ3) is 4.16. The van der Waals surface area contributed by atoms with Crippen LogP contribution in [0.4, 0.5) is 11.5 Å². The van der Waals surface area contributed by atoms with Crippen molar-refractivity contribution in [1.29, 1.82) is 0 Å². The number of hydrogen-bond acceptors (Lipinski definition) is 7. The topological polar surface area (TPSA) is 105 Å². The van der Waals surface area contributed by atoms with Crippen LogP contribution in [0.15, 0.2) is 34.0 Å². The van der Waals surface area contributed by atoms with Crippen LogP contribution in [0.25, 0.3) is 0 Å². The van der Waals surface area contributed by atoms with Gasteiger partial charge < -0.3 is 5.32 Å². The van der Waals surface area contributed by atoms with Crippen molar-refractivity contribution in [2.75, 3.05) is 25.5 Å². The van der Waals surface area contributed by atoms with Gasteiger partial charge in [0.2, 0.25) is 0 Å². The first-order chi connectivity index (χ1) is 10.8. The number of sulfonamides is 1. The van der Waals surface area contributed by atoms with Gasteiger partial charge in [0.05, 0.1) is 9.95 Å². The molecule has 2 aromatic rings. The minimum Gasteiger partial charge on any atom is -0.368 e. The Kier molecular flexibility index (Phi) is 5.52. The van der Waals surface area contributed by atoms with E-state index >= 15 is 0 Å². The Bertz CT molecular complexity index is 795. The van der Waals surface area contributed by atoms with Crippen LogP contribution in [0.3, 0.4) is 0 Å². The summed E-state index contributed by atoms with van der Waals surface area (Å²) < 4.78 is 25.9. The quantitative estimate of drug-likeness (QED) is 0.587. The van der Waals surface area contributed by atoms with Crippen LogP contribution in [-0.2, 0) is 10.0 Å². The molecular formula is C12H13ClN4O4S2. The summed E-state index contributed by atoms with van der Waals surface area (Å²) in [7, 11) is -2.04. The van der Waals surface area contributed by atoms with Crippen molar-refractivity contribution >= 4 is 44.5 Å². The van der Waals surface area contributed by atoms with E-state index in [-0.39, 0.29) is 33.8 Å². The highest BCUT2D eigenvalue weighted by Crippen LogP contribution is 2.24. The van der Waals surface area contributed by atoms with Crippen molar-refractivity contribution in [2.45, 2.75) is 4.21 Å². The molecule has 8 nitrogen and oxygen atoms in total. The maximum absolute atomic E-state index is 12.2. The number of rotatable bonds is 7. The number of halogens is 1. The van der Waals surface area contributed by atoms with E-state index in [9.17, 15) is 18.5 Å². The van der Waals surface area contributed by atoms with E-state index in [1.807, 2.05) is 0 Å². The predicted octanol–water partition coefficient (Wildman–Crippen LogP) is 2.44. The van der Waals surface area contributed by atoms with E-state index in [4.69, 9.17) is 11.6 Å². The molecule has 0 fully saturated rings. The van der Waals surface area contributed by atoms with Crippen LogP contribution < -0.4 is 5.32 Å². The van der Waals surface area contributed by atoms with Gasteiger partial charge in [-0.1, -0.05) is 17.7 Å². The lowest BCUT2D eigenvalue weighted by Gasteiger charge is -2.16. The Morgan fingerprint density at radius 1 is 1.52 bits per heavy atom. The van der Waals surface area contributed by atoms with Crippen LogP contribution in [0.1, 0.15) is 0 Å². The zero-order valence-electron chi connectivity index (χ0n) is 12.0. The molecule has 0 amide bonds. The van der Waals surface area contributed by atoms with Crippen LogP contribution in [0.5, 0.6) is 0 Å². The summed E-state index contributed by atoms with van der Waals surface area (Å²) >= 11 is 7.05. The Hall–Kier alpha value is -1.75. The van der Waals surface area contributed by atoms with Gasteiger partial charge in [-0.15, -0.1) is 11.3 Å². The zero-order valence-corrected chi connectivity index (χ0v) is 14.4. The van der Waals surface area contributed by atoms with E-state index < -0.39 is 14.9 Å². The molecule has 0 saturated carbocycles. The molecule has 0 aliphatic rings. The van der Waals surface area contributed by atoms with Crippen molar-refractivity contribution in [3.05, 3.63) is 44.9 Å². The smallest absolute Gasteiger partial charge is 0.289 e. The molecule has 124 valence electrons. The van der Waals surface area contributed by atoms with E-state index in [2.05, 4.69) is 10.3 Å². The van der Waals surface area contributed by atoms with Gasteiger partial charge in [-0.3, -0.25) is 10.1 Å². The Balaban J connectivity index is 1.96. The molecule has 0 atom stereocenters. The molecule has 0 spiro atoms. The lowest BCUT2D eigenvalue weighted by atomic mass is 10.4. The number of likely N-dealkylation sites (N-methyl/N-ethyl adjacent to an activating group) is 1. The fraction of sp³-hybridized carbons (Fsp3) is 0.250. The van der Waals surface area contributed by atoms with Crippen LogP contribution in [0, 0.1) is 10.1 Å². The molecular weight excluding hydrogens is 364 g/mol. The van der Waals surface area contributed by atoms with E-state index in [1.165, 1.54) is 17.4 Å². The van der Waals surface area contributed by atoms with E-state index in [0.29, 0.717) is 0 Å². The van der Waals surface area contributed by atoms with Crippen LogP contribution in [-0.4, -0.2) is 42.8 Å². The number of hydrogen-bond donors (Lipinski definition) is 1. The first-order valence-corrected chi connectivity index (χ1v) is 9.06. The molecule has 0 aromatic carbocycles. The SMILES string of the molecule is CN(CCNc1ncc([N+](=O)[O-])cc1Cl)S(=O)(=O)c1cccs1. The summed E-state index contributed by atoms with van der Waals surface area (Å²) in [4.78, 5) is 13.9. The summed E-state index contributed by atoms with van der Waals surface area (Å²) in [6.45, 7) is 0.445. The Labute approximate surface area is 141 Å². The Morgan fingerprint density at radius 2 is 2.26 bits per heavy atom. The highest BCUT2D eigenvalue weighted by molar-refractivity contribution is 7.91. The van der Waals surface area contributed by atoms with Gasteiger partial charge in [-0.05, 0) is 11.4 Å². The largest absolute Gasteiger partial charge is 0.368 e. The number of aromatic nitrogens is 1. The molecule has 1 N–H and O–H groups in total. The van der Waals surface area contributed by atoms with Crippen molar-refractivity contribution in [3.63, 3.8) is 0 Å². The lowest BCUT2D eigenvalue weighted by molar-refractivity contribution is -0.385. The molecule has 2 aromatic heterocycles. The monoisotopic (exact) mass is 376 g/mol. The lowest BCUT2D eigenvalue weighted by Crippen LogP contribution is -2.31. The van der Waals surface area contributed by atoms with Gasteiger partial charge in [-0.2, -0.15) is 4.31 Å². The molecule has 11 heteroatoms. The molecule has 0 bridgehead atoms. The average Bonchev–Trinajstić information content (AvgIpc) is 3.03. The third-order valence-electron chi connectivity index (χ3n) is 2.92. The van der Waals surface area contributed by atoms with Gasteiger partial charge in [0.25, 0.3) is 15.7 Å². The minimum absolute atomic E-state index is 0.1000. The second-order valence-corrected chi connectivity index (χ2v) is 8.09. The van der Waals surface area contributed by atoms with Crippen LogP contribution in [0.2, 0.25) is 5.02 Å². The summed E-state index contributed by atoms with van der Waals surface area (Å²) in [6, 6.07) is 4.39. The van der Waals surface area contributed by atoms with Crippen molar-refractivity contribution in [3.8, 4) is 0 Å². The average molecular weight is 377 g/mol. The summed E-state index contributed by atoms with van der Waals surface area (Å²) in [5, 5.41) is 15.3. The Morgan fingerprint density at radius 3 is 2.83 bits per heavy atom. The maximum atomic E-state index is 12.2. The highest BCUT2D eigenvalue weighted by Gasteiger charge is 2.21. The van der Waals surface area contributed by atoms with Gasteiger partial charge >= 0.3 is 0 Å². The van der Waals surface area contributed by atoms with Gasteiger partial charge in [0.1, 0.15) is 16.2 Å². The molecule has 0 radical (unpaired) electrons. The molecule has 0 aliphatic heterocycles. The second-order valence-electron chi connectivity index (χ2n) is 4.47. The number of nitrogens with zero attached hydrogens (tertiary/aromatic N) is 3. The first kappa shape index (κ1) is 17.6. The number of anilines is 1. The van der Waals surface area contributed by atoms with E-state index in [1.54, 1.807) is 17.5 Å². The number of thiophene rings is 1. The summed E-state index contributed by atoms with van der Waals surface area (Å²) in [6.07, 6.45) is 1.08. The number of nitro groups is 1. The predicted molar refractivity (Wildman–Crippen MR) is 88.5 cm³/mol. The number of pyridine rings is 1. The number of nitrogens with one attached hydrogen (secondary N) is 1. The van der Waals surface area contributed by atoms with Gasteiger partial charge in [0, 0.05) is 26.2 Å². The summed E-state index contributed by atoms with van der Waals surface area (Å²) in [5.41, 5.74) is -0.210. The van der Waals surface area contributed by atoms with E-state index in [0.717, 1.165) is 17.5 Å². The normalized spacial score (nSPS) is 11.6. The molecule has 2 heterocycles. The fourth-order valence-corrected chi connectivity index (χ4v) is 4.27.